The van der Waals surface area contributed by atoms with E-state index in [0.29, 0.717) is 35.5 Å². The number of amides is 2. The molecule has 1 aliphatic carbocycles. The molecule has 0 spiro atoms. The van der Waals surface area contributed by atoms with Crippen molar-refractivity contribution >= 4 is 34.1 Å². The number of nitrogens with one attached hydrogen (secondary N) is 1. The van der Waals surface area contributed by atoms with Crippen LogP contribution >= 0.6 is 11.3 Å². The van der Waals surface area contributed by atoms with Crippen LogP contribution in [0.2, 0.25) is 0 Å². The molecule has 0 aromatic carbocycles. The molecular formula is C20H28N2O4S. The Hall–Kier alpha value is -1.89. The van der Waals surface area contributed by atoms with Crippen LogP contribution in [0.4, 0.5) is 5.00 Å². The number of aryl methyl sites for hydroxylation is 1. The number of nitrogens with zero attached hydrogens (tertiary/aromatic N) is 1. The first kappa shape index (κ1) is 19.9. The molecule has 2 aliphatic rings. The van der Waals surface area contributed by atoms with Crippen LogP contribution in [0.25, 0.3) is 0 Å². The van der Waals surface area contributed by atoms with E-state index in [1.54, 1.807) is 4.90 Å². The van der Waals surface area contributed by atoms with Gasteiger partial charge in [0.05, 0.1) is 5.56 Å². The molecule has 1 aliphatic heterocycles. The topological polar surface area (TPSA) is 75.7 Å². The molecule has 7 heteroatoms. The summed E-state index contributed by atoms with van der Waals surface area (Å²) >= 11 is 1.45. The number of esters is 1. The molecule has 1 aromatic heterocycles. The first-order chi connectivity index (χ1) is 12.8. The minimum absolute atomic E-state index is 0.146. The van der Waals surface area contributed by atoms with E-state index in [0.717, 1.165) is 42.5 Å². The lowest BCUT2D eigenvalue weighted by Gasteiger charge is -2.34. The Morgan fingerprint density at radius 2 is 1.81 bits per heavy atom. The highest BCUT2D eigenvalue weighted by molar-refractivity contribution is 7.17. The van der Waals surface area contributed by atoms with Crippen molar-refractivity contribution in [2.45, 2.75) is 52.9 Å². The lowest BCUT2D eigenvalue weighted by Crippen LogP contribution is -2.44. The fourth-order valence-electron chi connectivity index (χ4n) is 4.19. The Kier molecular flexibility index (Phi) is 6.19. The van der Waals surface area contributed by atoms with Crippen LogP contribution in [-0.2, 0) is 27.2 Å². The third kappa shape index (κ3) is 4.69. The number of hydrogen-bond donors (Lipinski definition) is 1. The Bertz CT molecular complexity index is 733. The van der Waals surface area contributed by atoms with Gasteiger partial charge in [0, 0.05) is 24.9 Å². The van der Waals surface area contributed by atoms with Crippen LogP contribution in [-0.4, -0.2) is 42.4 Å². The molecule has 1 fully saturated rings. The van der Waals surface area contributed by atoms with E-state index >= 15 is 0 Å². The molecule has 27 heavy (non-hydrogen) atoms. The summed E-state index contributed by atoms with van der Waals surface area (Å²) in [5.41, 5.74) is 1.42. The summed E-state index contributed by atoms with van der Waals surface area (Å²) in [4.78, 5) is 39.7. The predicted molar refractivity (Wildman–Crippen MR) is 105 cm³/mol. The fourth-order valence-corrected chi connectivity index (χ4v) is 5.51. The van der Waals surface area contributed by atoms with Gasteiger partial charge in [0.2, 0.25) is 5.91 Å². The highest BCUT2D eigenvalue weighted by Gasteiger charge is 2.29. The second kappa shape index (κ2) is 8.42. The second-order valence-electron chi connectivity index (χ2n) is 7.92. The number of rotatable bonds is 4. The third-order valence-electron chi connectivity index (χ3n) is 5.21. The number of hydrogen-bond acceptors (Lipinski definition) is 5. The average molecular weight is 393 g/mol. The van der Waals surface area contributed by atoms with Gasteiger partial charge in [-0.05, 0) is 49.5 Å². The Morgan fingerprint density at radius 1 is 1.15 bits per heavy atom. The summed E-state index contributed by atoms with van der Waals surface area (Å²) in [6.45, 7) is 6.88. The highest BCUT2D eigenvalue weighted by atomic mass is 32.1. The molecule has 3 rings (SSSR count). The second-order valence-corrected chi connectivity index (χ2v) is 9.02. The van der Waals surface area contributed by atoms with E-state index in [2.05, 4.69) is 19.2 Å². The van der Waals surface area contributed by atoms with E-state index in [-0.39, 0.29) is 18.4 Å². The van der Waals surface area contributed by atoms with E-state index in [1.165, 1.54) is 18.3 Å². The highest BCUT2D eigenvalue weighted by Crippen LogP contribution is 2.38. The standard InChI is InChI=1S/C20H28N2O4S/c1-12-8-13(2)10-22(9-12)17(24)11-26-20(25)18-15-6-4-5-7-16(15)27-19(18)21-14(3)23/h12-13H,4-11H2,1-3H3,(H,21,23). The van der Waals surface area contributed by atoms with Crippen molar-refractivity contribution in [3.63, 3.8) is 0 Å². The van der Waals surface area contributed by atoms with Crippen LogP contribution in [0.1, 0.15) is 60.8 Å². The van der Waals surface area contributed by atoms with Crippen LogP contribution < -0.4 is 5.32 Å². The van der Waals surface area contributed by atoms with E-state index in [1.807, 2.05) is 0 Å². The molecular weight excluding hydrogens is 364 g/mol. The zero-order valence-corrected chi connectivity index (χ0v) is 17.1. The van der Waals surface area contributed by atoms with Gasteiger partial charge < -0.3 is 15.0 Å². The summed E-state index contributed by atoms with van der Waals surface area (Å²) in [5, 5.41) is 3.31. The fraction of sp³-hybridized carbons (Fsp3) is 0.650. The van der Waals surface area contributed by atoms with Crippen molar-refractivity contribution in [3.05, 3.63) is 16.0 Å². The summed E-state index contributed by atoms with van der Waals surface area (Å²) < 4.78 is 5.39. The molecule has 2 amide bonds. The van der Waals surface area contributed by atoms with E-state index in [9.17, 15) is 14.4 Å². The van der Waals surface area contributed by atoms with Crippen LogP contribution in [0.3, 0.4) is 0 Å². The smallest absolute Gasteiger partial charge is 0.341 e. The number of carbonyl (C=O) groups is 3. The number of piperidine rings is 1. The van der Waals surface area contributed by atoms with Crippen molar-refractivity contribution in [1.82, 2.24) is 4.90 Å². The summed E-state index contributed by atoms with van der Waals surface area (Å²) in [6, 6.07) is 0. The molecule has 1 saturated heterocycles. The van der Waals surface area contributed by atoms with Gasteiger partial charge in [0.25, 0.3) is 5.91 Å². The Morgan fingerprint density at radius 3 is 2.48 bits per heavy atom. The number of fused-ring (bicyclic) bond motifs is 1. The molecule has 1 N–H and O–H groups in total. The summed E-state index contributed by atoms with van der Waals surface area (Å²) in [6.07, 6.45) is 4.95. The SMILES string of the molecule is CC(=O)Nc1sc2c(c1C(=O)OCC(=O)N1CC(C)CC(C)C1)CCCC2. The zero-order chi connectivity index (χ0) is 19.6. The van der Waals surface area contributed by atoms with Gasteiger partial charge in [-0.2, -0.15) is 0 Å². The first-order valence-electron chi connectivity index (χ1n) is 9.72. The van der Waals surface area contributed by atoms with Gasteiger partial charge in [0.1, 0.15) is 5.00 Å². The molecule has 2 atom stereocenters. The Balaban J connectivity index is 1.69. The quantitative estimate of drug-likeness (QED) is 0.798. The van der Waals surface area contributed by atoms with Gasteiger partial charge in [-0.15, -0.1) is 11.3 Å². The molecule has 2 unspecified atom stereocenters. The van der Waals surface area contributed by atoms with Crippen molar-refractivity contribution in [2.75, 3.05) is 25.0 Å². The van der Waals surface area contributed by atoms with E-state index in [4.69, 9.17) is 4.74 Å². The number of likely N-dealkylation sites (tertiary alicyclic amines) is 1. The van der Waals surface area contributed by atoms with Gasteiger partial charge in [0.15, 0.2) is 6.61 Å². The minimum atomic E-state index is -0.510. The summed E-state index contributed by atoms with van der Waals surface area (Å²) in [7, 11) is 0. The maximum absolute atomic E-state index is 12.8. The van der Waals surface area contributed by atoms with Gasteiger partial charge in [-0.25, -0.2) is 4.79 Å². The molecule has 148 valence electrons. The van der Waals surface area contributed by atoms with Crippen LogP contribution in [0, 0.1) is 11.8 Å². The normalized spacial score (nSPS) is 22.1. The van der Waals surface area contributed by atoms with Gasteiger partial charge in [-0.1, -0.05) is 13.8 Å². The third-order valence-corrected chi connectivity index (χ3v) is 6.42. The number of anilines is 1. The number of ether oxygens (including phenoxy) is 1. The molecule has 2 heterocycles. The molecule has 6 nitrogen and oxygen atoms in total. The molecule has 0 bridgehead atoms. The zero-order valence-electron chi connectivity index (χ0n) is 16.3. The first-order valence-corrected chi connectivity index (χ1v) is 10.5. The predicted octanol–water partition coefficient (Wildman–Crippen LogP) is 3.25. The van der Waals surface area contributed by atoms with Crippen molar-refractivity contribution in [3.8, 4) is 0 Å². The van der Waals surface area contributed by atoms with E-state index < -0.39 is 5.97 Å². The van der Waals surface area contributed by atoms with Crippen LogP contribution in [0.15, 0.2) is 0 Å². The Labute approximate surface area is 164 Å². The molecule has 0 radical (unpaired) electrons. The average Bonchev–Trinajstić information content (AvgIpc) is 2.95. The minimum Gasteiger partial charge on any atom is -0.452 e. The summed E-state index contributed by atoms with van der Waals surface area (Å²) in [5.74, 6) is 0.0545. The number of thiophene rings is 1. The monoisotopic (exact) mass is 392 g/mol. The largest absolute Gasteiger partial charge is 0.452 e. The molecule has 0 saturated carbocycles. The maximum atomic E-state index is 12.8. The van der Waals surface area contributed by atoms with Gasteiger partial charge >= 0.3 is 5.97 Å². The van der Waals surface area contributed by atoms with Crippen molar-refractivity contribution < 1.29 is 19.1 Å². The van der Waals surface area contributed by atoms with Gasteiger partial charge in [-0.3, -0.25) is 9.59 Å². The lowest BCUT2D eigenvalue weighted by atomic mass is 9.92. The van der Waals surface area contributed by atoms with Crippen molar-refractivity contribution in [1.29, 1.82) is 0 Å². The van der Waals surface area contributed by atoms with Crippen molar-refractivity contribution in [2.24, 2.45) is 11.8 Å². The lowest BCUT2D eigenvalue weighted by molar-refractivity contribution is -0.137. The van der Waals surface area contributed by atoms with Crippen LogP contribution in [0.5, 0.6) is 0 Å². The number of carbonyl (C=O) groups excluding carboxylic acids is 3. The maximum Gasteiger partial charge on any atom is 0.341 e. The molecule has 1 aromatic rings.